The van der Waals surface area contributed by atoms with Gasteiger partial charge in [0.2, 0.25) is 0 Å². The van der Waals surface area contributed by atoms with Crippen molar-refractivity contribution in [1.82, 2.24) is 5.32 Å². The van der Waals surface area contributed by atoms with Crippen LogP contribution < -0.4 is 11.1 Å². The molecule has 0 aromatic heterocycles. The lowest BCUT2D eigenvalue weighted by atomic mass is 10.1. The number of nitrogen functional groups attached to an aromatic ring is 1. The van der Waals surface area contributed by atoms with Crippen LogP contribution in [0, 0.1) is 0 Å². The van der Waals surface area contributed by atoms with Crippen LogP contribution in [0.2, 0.25) is 0 Å². The molecule has 16 heavy (non-hydrogen) atoms. The van der Waals surface area contributed by atoms with Crippen molar-refractivity contribution in [2.24, 2.45) is 0 Å². The van der Waals surface area contributed by atoms with Crippen LogP contribution in [0.1, 0.15) is 38.7 Å². The van der Waals surface area contributed by atoms with Gasteiger partial charge in [-0.2, -0.15) is 0 Å². The van der Waals surface area contributed by atoms with Crippen LogP contribution in [0.5, 0.6) is 0 Å². The van der Waals surface area contributed by atoms with Gasteiger partial charge in [0, 0.05) is 22.7 Å². The van der Waals surface area contributed by atoms with Crippen LogP contribution in [0.3, 0.4) is 0 Å². The third-order valence-electron chi connectivity index (χ3n) is 2.63. The molecule has 0 bridgehead atoms. The Kier molecular flexibility index (Phi) is 5.85. The zero-order chi connectivity index (χ0) is 12.0. The lowest BCUT2D eigenvalue weighted by molar-refractivity contribution is 0.495. The van der Waals surface area contributed by atoms with Crippen LogP contribution in [0.15, 0.2) is 22.7 Å². The van der Waals surface area contributed by atoms with Gasteiger partial charge in [-0.3, -0.25) is 0 Å². The van der Waals surface area contributed by atoms with Crippen molar-refractivity contribution >= 4 is 21.6 Å². The van der Waals surface area contributed by atoms with Crippen molar-refractivity contribution < 1.29 is 0 Å². The Hall–Kier alpha value is -0.540. The summed E-state index contributed by atoms with van der Waals surface area (Å²) >= 11 is 3.45. The van der Waals surface area contributed by atoms with Crippen LogP contribution >= 0.6 is 15.9 Å². The van der Waals surface area contributed by atoms with Crippen molar-refractivity contribution in [2.75, 3.05) is 5.73 Å². The maximum absolute atomic E-state index is 5.79. The molecule has 1 unspecified atom stereocenters. The molecule has 0 aliphatic rings. The third kappa shape index (κ3) is 4.99. The molecule has 2 nitrogen and oxygen atoms in total. The van der Waals surface area contributed by atoms with Gasteiger partial charge in [-0.25, -0.2) is 0 Å². The molecule has 1 aromatic rings. The highest BCUT2D eigenvalue weighted by Gasteiger charge is 2.02. The highest BCUT2D eigenvalue weighted by molar-refractivity contribution is 9.10. The van der Waals surface area contributed by atoms with Crippen LogP contribution in [0.25, 0.3) is 0 Å². The number of nitrogens with one attached hydrogen (secondary N) is 1. The van der Waals surface area contributed by atoms with E-state index >= 15 is 0 Å². The average molecular weight is 285 g/mol. The number of anilines is 1. The third-order valence-corrected chi connectivity index (χ3v) is 3.08. The normalized spacial score (nSPS) is 12.7. The minimum Gasteiger partial charge on any atom is -0.399 e. The average Bonchev–Trinajstić information content (AvgIpc) is 2.22. The summed E-state index contributed by atoms with van der Waals surface area (Å²) in [4.78, 5) is 0. The fraction of sp³-hybridized carbons (Fsp3) is 0.538. The molecule has 0 aliphatic heterocycles. The summed E-state index contributed by atoms with van der Waals surface area (Å²) < 4.78 is 1.05. The van der Waals surface area contributed by atoms with E-state index in [1.165, 1.54) is 24.8 Å². The first-order chi connectivity index (χ1) is 7.61. The predicted octanol–water partition coefficient (Wildman–Crippen LogP) is 3.70. The second kappa shape index (κ2) is 6.92. The Morgan fingerprint density at radius 1 is 1.38 bits per heavy atom. The summed E-state index contributed by atoms with van der Waals surface area (Å²) in [5.41, 5.74) is 7.83. The van der Waals surface area contributed by atoms with E-state index in [9.17, 15) is 0 Å². The molecule has 0 heterocycles. The molecule has 0 spiro atoms. The first-order valence-corrected chi connectivity index (χ1v) is 6.69. The van der Waals surface area contributed by atoms with Gasteiger partial charge in [0.1, 0.15) is 0 Å². The maximum Gasteiger partial charge on any atom is 0.0328 e. The van der Waals surface area contributed by atoms with Crippen LogP contribution in [-0.4, -0.2) is 6.04 Å². The highest BCUT2D eigenvalue weighted by Crippen LogP contribution is 2.17. The SMILES string of the molecule is CCCCC(C)NCc1cc(N)cc(Br)c1. The van der Waals surface area contributed by atoms with Crippen molar-refractivity contribution in [3.8, 4) is 0 Å². The smallest absolute Gasteiger partial charge is 0.0328 e. The minimum absolute atomic E-state index is 0.570. The molecule has 1 atom stereocenters. The van der Waals surface area contributed by atoms with E-state index in [2.05, 4.69) is 41.2 Å². The van der Waals surface area contributed by atoms with E-state index in [1.54, 1.807) is 0 Å². The molecule has 0 radical (unpaired) electrons. The van der Waals surface area contributed by atoms with Gasteiger partial charge in [-0.15, -0.1) is 0 Å². The monoisotopic (exact) mass is 284 g/mol. The molecule has 0 saturated carbocycles. The van der Waals surface area contributed by atoms with Crippen molar-refractivity contribution in [2.45, 2.75) is 45.7 Å². The number of unbranched alkanes of at least 4 members (excludes halogenated alkanes) is 1. The van der Waals surface area contributed by atoms with Gasteiger partial charge in [0.25, 0.3) is 0 Å². The number of rotatable bonds is 6. The standard InChI is InChI=1S/C13H21BrN2/c1-3-4-5-10(2)16-9-11-6-12(14)8-13(15)7-11/h6-8,10,16H,3-5,9,15H2,1-2H3. The van der Waals surface area contributed by atoms with Crippen LogP contribution in [-0.2, 0) is 6.54 Å². The summed E-state index contributed by atoms with van der Waals surface area (Å²) in [6, 6.07) is 6.62. The lowest BCUT2D eigenvalue weighted by Crippen LogP contribution is -2.25. The Bertz CT molecular complexity index is 305. The number of hydrogen-bond donors (Lipinski definition) is 2. The first kappa shape index (κ1) is 13.5. The molecular formula is C13H21BrN2. The minimum atomic E-state index is 0.570. The van der Waals surface area contributed by atoms with E-state index in [-0.39, 0.29) is 0 Å². The van der Waals surface area contributed by atoms with E-state index in [1.807, 2.05) is 12.1 Å². The van der Waals surface area contributed by atoms with Gasteiger partial charge in [0.15, 0.2) is 0 Å². The van der Waals surface area contributed by atoms with Gasteiger partial charge in [-0.05, 0) is 37.1 Å². The molecule has 1 rings (SSSR count). The van der Waals surface area contributed by atoms with Crippen LogP contribution in [0.4, 0.5) is 5.69 Å². The summed E-state index contributed by atoms with van der Waals surface area (Å²) in [6.07, 6.45) is 3.78. The van der Waals surface area contributed by atoms with E-state index < -0.39 is 0 Å². The molecule has 3 N–H and O–H groups in total. The number of halogens is 1. The van der Waals surface area contributed by atoms with Crippen molar-refractivity contribution in [3.63, 3.8) is 0 Å². The molecule has 0 amide bonds. The number of benzene rings is 1. The maximum atomic E-state index is 5.79. The summed E-state index contributed by atoms with van der Waals surface area (Å²) in [5.74, 6) is 0. The highest BCUT2D eigenvalue weighted by atomic mass is 79.9. The zero-order valence-electron chi connectivity index (χ0n) is 10.1. The molecule has 0 saturated heterocycles. The number of hydrogen-bond acceptors (Lipinski definition) is 2. The molecule has 0 fully saturated rings. The Morgan fingerprint density at radius 3 is 2.75 bits per heavy atom. The second-order valence-electron chi connectivity index (χ2n) is 4.32. The van der Waals surface area contributed by atoms with Gasteiger partial charge >= 0.3 is 0 Å². The molecule has 90 valence electrons. The Balaban J connectivity index is 2.41. The summed E-state index contributed by atoms with van der Waals surface area (Å²) in [7, 11) is 0. The lowest BCUT2D eigenvalue weighted by Gasteiger charge is -2.13. The van der Waals surface area contributed by atoms with E-state index in [4.69, 9.17) is 5.73 Å². The zero-order valence-corrected chi connectivity index (χ0v) is 11.7. The fourth-order valence-corrected chi connectivity index (χ4v) is 2.24. The second-order valence-corrected chi connectivity index (χ2v) is 5.23. The Morgan fingerprint density at radius 2 is 2.12 bits per heavy atom. The quantitative estimate of drug-likeness (QED) is 0.782. The molecule has 1 aromatic carbocycles. The van der Waals surface area contributed by atoms with Crippen molar-refractivity contribution in [3.05, 3.63) is 28.2 Å². The van der Waals surface area contributed by atoms with E-state index in [0.29, 0.717) is 6.04 Å². The Labute approximate surface area is 107 Å². The van der Waals surface area contributed by atoms with Crippen molar-refractivity contribution in [1.29, 1.82) is 0 Å². The fourth-order valence-electron chi connectivity index (χ4n) is 1.68. The molecule has 0 aliphatic carbocycles. The summed E-state index contributed by atoms with van der Waals surface area (Å²) in [6.45, 7) is 5.34. The van der Waals surface area contributed by atoms with Gasteiger partial charge in [0.05, 0.1) is 0 Å². The largest absolute Gasteiger partial charge is 0.399 e. The van der Waals surface area contributed by atoms with Gasteiger partial charge < -0.3 is 11.1 Å². The summed E-state index contributed by atoms with van der Waals surface area (Å²) in [5, 5.41) is 3.51. The van der Waals surface area contributed by atoms with E-state index in [0.717, 1.165) is 16.7 Å². The molecule has 3 heteroatoms. The predicted molar refractivity (Wildman–Crippen MR) is 74.4 cm³/mol. The van der Waals surface area contributed by atoms with Gasteiger partial charge in [-0.1, -0.05) is 35.7 Å². The molecular weight excluding hydrogens is 264 g/mol. The topological polar surface area (TPSA) is 38.0 Å². The first-order valence-electron chi connectivity index (χ1n) is 5.90. The number of nitrogens with two attached hydrogens (primary N) is 1.